The smallest absolute Gasteiger partial charge is 0.0561 e. The molecule has 2 nitrogen and oxygen atoms in total. The van der Waals surface area contributed by atoms with Crippen LogP contribution >= 0.6 is 0 Å². The normalized spacial score (nSPS) is 11.5. The van der Waals surface area contributed by atoms with Gasteiger partial charge in [0.25, 0.3) is 0 Å². The molecule has 0 aliphatic rings. The Morgan fingerprint density at radius 1 is 0.327 bits per heavy atom. The van der Waals surface area contributed by atoms with E-state index in [2.05, 4.69) is 216 Å². The van der Waals surface area contributed by atoms with Crippen LogP contribution in [-0.4, -0.2) is 4.57 Å². The van der Waals surface area contributed by atoms with Crippen molar-refractivity contribution in [2.24, 2.45) is 0 Å². The van der Waals surface area contributed by atoms with E-state index in [0.29, 0.717) is 0 Å². The number of benzene rings is 9. The van der Waals surface area contributed by atoms with Gasteiger partial charge in [-0.2, -0.15) is 0 Å². The molecule has 1 aromatic heterocycles. The molecule has 0 fully saturated rings. The van der Waals surface area contributed by atoms with Gasteiger partial charge in [-0.05, 0) is 92.8 Å². The van der Waals surface area contributed by atoms with Crippen LogP contribution in [-0.2, 0) is 0 Å². The van der Waals surface area contributed by atoms with Crippen molar-refractivity contribution in [1.82, 2.24) is 4.57 Å². The number of hydrogen-bond donors (Lipinski definition) is 0. The molecule has 0 amide bonds. The number of para-hydroxylation sites is 3. The van der Waals surface area contributed by atoms with Crippen LogP contribution in [0.4, 0.5) is 17.1 Å². The Bertz CT molecular complexity index is 2890. The van der Waals surface area contributed by atoms with E-state index < -0.39 is 0 Å². The number of rotatable bonds is 6. The third-order valence-electron chi connectivity index (χ3n) is 10.4. The molecule has 2 heteroatoms. The fourth-order valence-electron chi connectivity index (χ4n) is 7.99. The predicted molar refractivity (Wildman–Crippen MR) is 221 cm³/mol. The molecule has 244 valence electrons. The maximum absolute atomic E-state index is 2.43. The predicted octanol–water partition coefficient (Wildman–Crippen LogP) is 13.9. The van der Waals surface area contributed by atoms with Crippen molar-refractivity contribution in [3.63, 3.8) is 0 Å². The molecule has 1 heterocycles. The van der Waals surface area contributed by atoms with Crippen LogP contribution < -0.4 is 4.90 Å². The van der Waals surface area contributed by atoms with Crippen molar-refractivity contribution < 1.29 is 0 Å². The Morgan fingerprint density at radius 3 is 1.71 bits per heavy atom. The molecule has 0 bridgehead atoms. The molecule has 0 aliphatic carbocycles. The molecule has 10 rings (SSSR count). The summed E-state index contributed by atoms with van der Waals surface area (Å²) in [5.41, 5.74) is 11.6. The van der Waals surface area contributed by atoms with Gasteiger partial charge < -0.3 is 9.47 Å². The first-order valence-corrected chi connectivity index (χ1v) is 17.9. The van der Waals surface area contributed by atoms with E-state index in [4.69, 9.17) is 0 Å². The number of fused-ring (bicyclic) bond motifs is 6. The van der Waals surface area contributed by atoms with Gasteiger partial charge in [0.1, 0.15) is 0 Å². The highest BCUT2D eigenvalue weighted by atomic mass is 15.1. The summed E-state index contributed by atoms with van der Waals surface area (Å²) in [5.74, 6) is 0. The van der Waals surface area contributed by atoms with E-state index in [1.165, 1.54) is 65.6 Å². The number of nitrogens with zero attached hydrogens (tertiary/aromatic N) is 2. The molecule has 0 saturated heterocycles. The SMILES string of the molecule is c1ccc(-c2ccc(N(c3ccc4c5ccccc5n(-c5ccccc5)c4c3)c3ccccc3-c3cc4ccccc4c4ccccc34)cc2)cc1. The lowest BCUT2D eigenvalue weighted by Gasteiger charge is -2.29. The second kappa shape index (κ2) is 12.5. The Hall–Kier alpha value is -6.90. The highest BCUT2D eigenvalue weighted by Gasteiger charge is 2.21. The molecule has 0 atom stereocenters. The first-order valence-electron chi connectivity index (χ1n) is 17.9. The van der Waals surface area contributed by atoms with E-state index in [1.54, 1.807) is 0 Å². The molecule has 0 N–H and O–H groups in total. The molecule has 0 unspecified atom stereocenters. The lowest BCUT2D eigenvalue weighted by molar-refractivity contribution is 1.18. The van der Waals surface area contributed by atoms with Crippen molar-refractivity contribution in [2.75, 3.05) is 4.90 Å². The Balaban J connectivity index is 1.24. The topological polar surface area (TPSA) is 8.17 Å². The van der Waals surface area contributed by atoms with Gasteiger partial charge in [0.15, 0.2) is 0 Å². The maximum Gasteiger partial charge on any atom is 0.0561 e. The van der Waals surface area contributed by atoms with Crippen LogP contribution in [0, 0.1) is 0 Å². The number of anilines is 3. The van der Waals surface area contributed by atoms with E-state index >= 15 is 0 Å². The van der Waals surface area contributed by atoms with Crippen molar-refractivity contribution in [3.05, 3.63) is 206 Å². The molecule has 0 radical (unpaired) electrons. The summed E-state index contributed by atoms with van der Waals surface area (Å²) in [7, 11) is 0. The van der Waals surface area contributed by atoms with Gasteiger partial charge in [-0.1, -0.05) is 152 Å². The monoisotopic (exact) mass is 662 g/mol. The minimum atomic E-state index is 1.09. The number of aromatic nitrogens is 1. The minimum absolute atomic E-state index is 1.09. The Morgan fingerprint density at radius 2 is 0.904 bits per heavy atom. The summed E-state index contributed by atoms with van der Waals surface area (Å²) < 4.78 is 2.40. The summed E-state index contributed by atoms with van der Waals surface area (Å²) in [6.07, 6.45) is 0. The lowest BCUT2D eigenvalue weighted by atomic mass is 9.92. The van der Waals surface area contributed by atoms with E-state index in [0.717, 1.165) is 22.7 Å². The standard InChI is InChI=1S/C50H34N2/c1-3-15-35(16-4-1)36-27-29-39(30-28-36)51(40-31-32-46-44-23-11-14-26-49(44)52(50(46)34-40)38-18-5-2-6-19-38)48-25-13-12-24-45(48)47-33-37-17-7-8-20-41(37)42-21-9-10-22-43(42)47/h1-34H. The average Bonchev–Trinajstić information content (AvgIpc) is 3.55. The van der Waals surface area contributed by atoms with Crippen LogP contribution in [0.3, 0.4) is 0 Å². The first kappa shape index (κ1) is 30.0. The van der Waals surface area contributed by atoms with Crippen molar-refractivity contribution >= 4 is 60.4 Å². The van der Waals surface area contributed by atoms with Gasteiger partial charge in [0.2, 0.25) is 0 Å². The van der Waals surface area contributed by atoms with Crippen LogP contribution in [0.2, 0.25) is 0 Å². The van der Waals surface area contributed by atoms with Gasteiger partial charge in [0, 0.05) is 33.4 Å². The molecule has 9 aromatic carbocycles. The first-order chi connectivity index (χ1) is 25.8. The van der Waals surface area contributed by atoms with E-state index in [-0.39, 0.29) is 0 Å². The third kappa shape index (κ3) is 4.96. The number of hydrogen-bond acceptors (Lipinski definition) is 1. The minimum Gasteiger partial charge on any atom is -0.310 e. The highest BCUT2D eigenvalue weighted by Crippen LogP contribution is 2.45. The summed E-state index contributed by atoms with van der Waals surface area (Å²) in [6, 6.07) is 74.7. The van der Waals surface area contributed by atoms with Gasteiger partial charge in [-0.15, -0.1) is 0 Å². The van der Waals surface area contributed by atoms with Gasteiger partial charge >= 0.3 is 0 Å². The largest absolute Gasteiger partial charge is 0.310 e. The lowest BCUT2D eigenvalue weighted by Crippen LogP contribution is -2.11. The Labute approximate surface area is 303 Å². The molecule has 10 aromatic rings. The summed E-state index contributed by atoms with van der Waals surface area (Å²) in [4.78, 5) is 2.43. The van der Waals surface area contributed by atoms with Gasteiger partial charge in [-0.25, -0.2) is 0 Å². The molecule has 0 aliphatic heterocycles. The van der Waals surface area contributed by atoms with Crippen LogP contribution in [0.25, 0.3) is 71.3 Å². The van der Waals surface area contributed by atoms with Crippen LogP contribution in [0.15, 0.2) is 206 Å². The Kier molecular flexibility index (Phi) is 7.18. The molecule has 52 heavy (non-hydrogen) atoms. The zero-order chi connectivity index (χ0) is 34.4. The fraction of sp³-hybridized carbons (Fsp3) is 0. The zero-order valence-corrected chi connectivity index (χ0v) is 28.5. The van der Waals surface area contributed by atoms with Gasteiger partial charge in [0.05, 0.1) is 16.7 Å². The maximum atomic E-state index is 2.43. The highest BCUT2D eigenvalue weighted by molar-refractivity contribution is 6.15. The fourth-order valence-corrected chi connectivity index (χ4v) is 7.99. The van der Waals surface area contributed by atoms with E-state index in [1.807, 2.05) is 0 Å². The average molecular weight is 663 g/mol. The zero-order valence-electron chi connectivity index (χ0n) is 28.5. The van der Waals surface area contributed by atoms with Crippen molar-refractivity contribution in [3.8, 4) is 27.9 Å². The quantitative estimate of drug-likeness (QED) is 0.161. The second-order valence-corrected chi connectivity index (χ2v) is 13.3. The van der Waals surface area contributed by atoms with Crippen molar-refractivity contribution in [2.45, 2.75) is 0 Å². The molecule has 0 saturated carbocycles. The molecule has 0 spiro atoms. The third-order valence-corrected chi connectivity index (χ3v) is 10.4. The van der Waals surface area contributed by atoms with Crippen LogP contribution in [0.1, 0.15) is 0 Å². The summed E-state index contributed by atoms with van der Waals surface area (Å²) >= 11 is 0. The molecular weight excluding hydrogens is 629 g/mol. The van der Waals surface area contributed by atoms with E-state index in [9.17, 15) is 0 Å². The summed E-state index contributed by atoms with van der Waals surface area (Å²) in [6.45, 7) is 0. The van der Waals surface area contributed by atoms with Gasteiger partial charge in [-0.3, -0.25) is 0 Å². The van der Waals surface area contributed by atoms with Crippen molar-refractivity contribution in [1.29, 1.82) is 0 Å². The second-order valence-electron chi connectivity index (χ2n) is 13.3. The van der Waals surface area contributed by atoms with Crippen LogP contribution in [0.5, 0.6) is 0 Å². The summed E-state index contributed by atoms with van der Waals surface area (Å²) in [5, 5.41) is 7.49. The molecular formula is C50H34N2.